The zero-order chi connectivity index (χ0) is 47.0. The number of aromatic nitrogens is 3. The first-order valence-corrected chi connectivity index (χ1v) is 21.0. The summed E-state index contributed by atoms with van der Waals surface area (Å²) in [5.41, 5.74) is 13.6. The lowest BCUT2D eigenvalue weighted by Gasteiger charge is -2.31. The van der Waals surface area contributed by atoms with Crippen molar-refractivity contribution >= 4 is 42.0 Å². The van der Waals surface area contributed by atoms with E-state index in [1.54, 1.807) is 0 Å². The highest BCUT2D eigenvalue weighted by molar-refractivity contribution is 5.91. The lowest BCUT2D eigenvalue weighted by Crippen LogP contribution is -2.54. The summed E-state index contributed by atoms with van der Waals surface area (Å²) in [5.74, 6) is -8.04. The van der Waals surface area contributed by atoms with Crippen molar-refractivity contribution in [3.8, 4) is 0 Å². The lowest BCUT2D eigenvalue weighted by atomic mass is 10.0. The van der Waals surface area contributed by atoms with E-state index in [1.165, 1.54) is 14.7 Å². The molecule has 356 valence electrons. The van der Waals surface area contributed by atoms with E-state index >= 15 is 0 Å². The van der Waals surface area contributed by atoms with Crippen molar-refractivity contribution < 1.29 is 55.4 Å². The molecule has 0 spiro atoms. The van der Waals surface area contributed by atoms with Crippen LogP contribution in [0.1, 0.15) is 60.4 Å². The second-order valence-corrected chi connectivity index (χ2v) is 16.2. The number of nitrogens with zero attached hydrogens (tertiary/aromatic N) is 6. The van der Waals surface area contributed by atoms with Gasteiger partial charge in [0.1, 0.15) is 17.9 Å². The van der Waals surface area contributed by atoms with Crippen LogP contribution in [0.3, 0.4) is 0 Å². The number of nitrogens with two attached hydrogens (primary N) is 2. The fourth-order valence-corrected chi connectivity index (χ4v) is 8.30. The summed E-state index contributed by atoms with van der Waals surface area (Å²) >= 11 is 0. The fourth-order valence-electron chi connectivity index (χ4n) is 8.30. The van der Waals surface area contributed by atoms with E-state index in [4.69, 9.17) is 16.6 Å². The van der Waals surface area contributed by atoms with Gasteiger partial charge in [-0.15, -0.1) is 22.6 Å². The number of aliphatic carboxylic acids is 1. The minimum atomic E-state index is -4.73. The highest BCUT2D eigenvalue weighted by Crippen LogP contribution is 2.30. The van der Waals surface area contributed by atoms with Crippen LogP contribution in [-0.4, -0.2) is 114 Å². The number of alkyl halides is 3. The molecule has 22 heteroatoms. The van der Waals surface area contributed by atoms with Crippen molar-refractivity contribution in [1.29, 1.82) is 0 Å². The molecule has 4 amide bonds. The molecule has 66 heavy (non-hydrogen) atoms. The molecule has 15 nitrogen and oxygen atoms in total. The Morgan fingerprint density at radius 2 is 1.26 bits per heavy atom. The molecule has 4 heterocycles. The summed E-state index contributed by atoms with van der Waals surface area (Å²) in [6.07, 6.45) is -2.91. The number of benzene rings is 3. The van der Waals surface area contributed by atoms with Gasteiger partial charge < -0.3 is 41.2 Å². The third kappa shape index (κ3) is 12.6. The topological polar surface area (TPSA) is 210 Å². The summed E-state index contributed by atoms with van der Waals surface area (Å²) in [7, 11) is 0. The van der Waals surface area contributed by atoms with Gasteiger partial charge in [-0.2, -0.15) is 13.2 Å². The van der Waals surface area contributed by atoms with Crippen molar-refractivity contribution in [3.05, 3.63) is 119 Å². The summed E-state index contributed by atoms with van der Waals surface area (Å²) in [5, 5.41) is 18.5. The molecule has 7 rings (SSSR count). The van der Waals surface area contributed by atoms with E-state index in [0.717, 1.165) is 22.1 Å². The van der Waals surface area contributed by atoms with Crippen LogP contribution in [0.15, 0.2) is 72.8 Å². The van der Waals surface area contributed by atoms with Gasteiger partial charge in [0, 0.05) is 44.7 Å². The smallest absolute Gasteiger partial charge is 0.451 e. The summed E-state index contributed by atoms with van der Waals surface area (Å²) in [6.45, 7) is 0.0806. The number of carboxylic acid groups (broad SMARTS) is 1. The minimum Gasteiger partial charge on any atom is -0.480 e. The Labute approximate surface area is 381 Å². The third-order valence-electron chi connectivity index (χ3n) is 11.6. The van der Waals surface area contributed by atoms with Crippen LogP contribution >= 0.6 is 12.4 Å². The average Bonchev–Trinajstić information content (AvgIpc) is 4.06. The highest BCUT2D eigenvalue weighted by Gasteiger charge is 2.41. The molecule has 0 radical (unpaired) electrons. The first-order valence-electron chi connectivity index (χ1n) is 21.0. The number of carbonyl (C=O) groups excluding carboxylic acids is 4. The second-order valence-electron chi connectivity index (χ2n) is 16.2. The maximum atomic E-state index is 14.6. The van der Waals surface area contributed by atoms with Gasteiger partial charge >= 0.3 is 12.1 Å². The second kappa shape index (κ2) is 22.4. The normalized spacial score (nSPS) is 18.3. The van der Waals surface area contributed by atoms with Crippen molar-refractivity contribution in [3.63, 3.8) is 0 Å². The summed E-state index contributed by atoms with van der Waals surface area (Å²) in [6, 6.07) is 15.2. The van der Waals surface area contributed by atoms with Crippen LogP contribution in [-0.2, 0) is 62.5 Å². The van der Waals surface area contributed by atoms with Gasteiger partial charge in [0.25, 0.3) is 0 Å². The van der Waals surface area contributed by atoms with Crippen molar-refractivity contribution in [2.45, 2.75) is 101 Å². The van der Waals surface area contributed by atoms with Gasteiger partial charge in [0.2, 0.25) is 29.5 Å². The van der Waals surface area contributed by atoms with Gasteiger partial charge in [-0.05, 0) is 67.7 Å². The van der Waals surface area contributed by atoms with Crippen LogP contribution in [0.25, 0.3) is 0 Å². The molecule has 3 aliphatic heterocycles. The number of amides is 4. The molecule has 6 N–H and O–H groups in total. The predicted octanol–water partition coefficient (Wildman–Crippen LogP) is 3.79. The van der Waals surface area contributed by atoms with Crippen LogP contribution in [0.5, 0.6) is 0 Å². The van der Waals surface area contributed by atoms with Gasteiger partial charge in [-0.1, -0.05) is 60.7 Å². The zero-order valence-electron chi connectivity index (χ0n) is 35.5. The molecule has 5 atom stereocenters. The van der Waals surface area contributed by atoms with Crippen LogP contribution < -0.4 is 16.8 Å². The molecule has 3 aromatic carbocycles. The lowest BCUT2D eigenvalue weighted by molar-refractivity contribution is -0.148. The first kappa shape index (κ1) is 50.9. The van der Waals surface area contributed by atoms with Gasteiger partial charge in [0.05, 0.1) is 18.6 Å². The molecule has 4 aromatic rings. The highest BCUT2D eigenvalue weighted by atomic mass is 35.5. The largest absolute Gasteiger partial charge is 0.480 e. The van der Waals surface area contributed by atoms with Gasteiger partial charge in [0.15, 0.2) is 17.5 Å². The van der Waals surface area contributed by atoms with Crippen LogP contribution in [0, 0.1) is 17.5 Å². The number of halogens is 7. The molecule has 5 unspecified atom stereocenters. The Hall–Kier alpha value is -6.06. The zero-order valence-corrected chi connectivity index (χ0v) is 36.3. The summed E-state index contributed by atoms with van der Waals surface area (Å²) in [4.78, 5) is 67.4. The number of hydrogen-bond acceptors (Lipinski definition) is 9. The Kier molecular flexibility index (Phi) is 17.3. The maximum Gasteiger partial charge on any atom is 0.451 e. The quantitative estimate of drug-likeness (QED) is 0.113. The molecular formula is C44H50ClF6N9O6. The maximum absolute atomic E-state index is 14.6. The van der Waals surface area contributed by atoms with Crippen LogP contribution in [0.4, 0.5) is 26.3 Å². The van der Waals surface area contributed by atoms with Crippen molar-refractivity contribution in [1.82, 2.24) is 34.8 Å². The Balaban J connectivity index is 0.000000341. The van der Waals surface area contributed by atoms with Crippen molar-refractivity contribution in [2.24, 2.45) is 11.5 Å². The number of nitrogens with one attached hydrogen (secondary N) is 1. The molecule has 1 aromatic heterocycles. The van der Waals surface area contributed by atoms with E-state index in [-0.39, 0.29) is 62.3 Å². The monoisotopic (exact) mass is 949 g/mol. The number of carboxylic acids is 1. The Morgan fingerprint density at radius 3 is 1.80 bits per heavy atom. The molecule has 2 saturated heterocycles. The van der Waals surface area contributed by atoms with Crippen LogP contribution in [0.2, 0.25) is 0 Å². The fraction of sp³-hybridized carbons (Fsp3) is 0.432. The Morgan fingerprint density at radius 1 is 0.727 bits per heavy atom. The molecule has 0 saturated carbocycles. The first-order chi connectivity index (χ1) is 30.9. The van der Waals surface area contributed by atoms with Crippen molar-refractivity contribution in [2.75, 3.05) is 19.6 Å². The molecular weight excluding hydrogens is 900 g/mol. The van der Waals surface area contributed by atoms with E-state index in [0.29, 0.717) is 44.4 Å². The van der Waals surface area contributed by atoms with Gasteiger partial charge in [-0.25, -0.2) is 18.0 Å². The number of hydrogen-bond donors (Lipinski definition) is 4. The van der Waals surface area contributed by atoms with E-state index in [2.05, 4.69) is 15.5 Å². The van der Waals surface area contributed by atoms with E-state index in [9.17, 15) is 50.3 Å². The molecule has 0 bridgehead atoms. The predicted molar refractivity (Wildman–Crippen MR) is 228 cm³/mol. The number of carbonyl (C=O) groups is 5. The standard InChI is InChI=1S/C30H31F6N7O3.C14H18N2O3.ClH/c31-20-15-22(33)21(32)13-18(20)12-19(14-26(44)41-9-10-43-25(16-41)39-40-29(43)30(34,35)36)38-27(45)24-7-4-8-42(24)28(46)23(37)11-17-5-2-1-3-6-17;15-11(9-10-5-2-1-3-6-10)13(17)16-8-4-7-12(16)14(18)19;/h1-3,5-6,13,15,19,23-24H,4,7-12,14,16,37H2,(H,38,45);1-3,5-6,11-12H,4,7-9,15H2,(H,18,19);1H. The van der Waals surface area contributed by atoms with E-state index in [1.807, 2.05) is 60.7 Å². The Bertz CT molecular complexity index is 2340. The van der Waals surface area contributed by atoms with Gasteiger partial charge in [-0.3, -0.25) is 19.2 Å². The number of rotatable bonds is 13. The average molecular weight is 950 g/mol. The number of likely N-dealkylation sites (tertiary alicyclic amines) is 2. The summed E-state index contributed by atoms with van der Waals surface area (Å²) < 4.78 is 82.8. The molecule has 3 aliphatic rings. The number of fused-ring (bicyclic) bond motifs is 1. The SMILES string of the molecule is Cl.NC(Cc1ccccc1)C(=O)N1CCCC1C(=O)NC(CC(=O)N1CCn2c(nnc2C(F)(F)F)C1)Cc1cc(F)c(F)cc1F.NC(Cc1ccccc1)C(=O)N1CCCC1C(=O)O. The third-order valence-corrected chi connectivity index (χ3v) is 11.6. The minimum absolute atomic E-state index is 0. The van der Waals surface area contributed by atoms with E-state index < -0.39 is 96.2 Å². The molecule has 2 fully saturated rings. The molecule has 0 aliphatic carbocycles.